The minimum Gasteiger partial charge on any atom is -0.541 e. The first-order valence-electron chi connectivity index (χ1n) is 4.25. The molecule has 2 rings (SSSR count). The third-order valence-electron chi connectivity index (χ3n) is 2.02. The van der Waals surface area contributed by atoms with Gasteiger partial charge in [0.1, 0.15) is 5.75 Å². The maximum atomic E-state index is 10.2. The van der Waals surface area contributed by atoms with Crippen molar-refractivity contribution in [1.29, 1.82) is 0 Å². The van der Waals surface area contributed by atoms with Gasteiger partial charge in [0.2, 0.25) is 0 Å². The third kappa shape index (κ3) is 1.63. The van der Waals surface area contributed by atoms with Gasteiger partial charge in [0.25, 0.3) is 0 Å². The monoisotopic (exact) mass is 205 g/mol. The van der Waals surface area contributed by atoms with Crippen molar-refractivity contribution in [2.45, 2.75) is 6.42 Å². The van der Waals surface area contributed by atoms with E-state index in [1.807, 2.05) is 30.6 Å². The Bertz CT molecular complexity index is 459. The first-order valence-corrected chi connectivity index (χ1v) is 5.06. The van der Waals surface area contributed by atoms with Gasteiger partial charge in [-0.3, -0.25) is 6.29 Å². The van der Waals surface area contributed by atoms with Crippen LogP contribution < -0.4 is 4.74 Å². The molecule has 0 aliphatic heterocycles. The molecular formula is C11H9O2S-. The van der Waals surface area contributed by atoms with Crippen molar-refractivity contribution in [2.75, 3.05) is 7.11 Å². The number of thiophene rings is 1. The Morgan fingerprint density at radius 1 is 1.43 bits per heavy atom. The highest BCUT2D eigenvalue weighted by molar-refractivity contribution is 7.19. The van der Waals surface area contributed by atoms with Gasteiger partial charge < -0.3 is 9.53 Å². The lowest BCUT2D eigenvalue weighted by Crippen LogP contribution is -1.79. The topological polar surface area (TPSA) is 26.3 Å². The smallest absolute Gasteiger partial charge is 0.119 e. The lowest BCUT2D eigenvalue weighted by Gasteiger charge is -1.97. The third-order valence-corrected chi connectivity index (χ3v) is 3.14. The van der Waals surface area contributed by atoms with Gasteiger partial charge in [0.15, 0.2) is 0 Å². The van der Waals surface area contributed by atoms with E-state index in [9.17, 15) is 4.79 Å². The van der Waals surface area contributed by atoms with E-state index in [1.54, 1.807) is 18.4 Å². The summed E-state index contributed by atoms with van der Waals surface area (Å²) < 4.78 is 6.30. The Kier molecular flexibility index (Phi) is 2.50. The van der Waals surface area contributed by atoms with Gasteiger partial charge in [-0.05, 0) is 34.5 Å². The molecule has 0 aliphatic rings. The molecule has 0 radical (unpaired) electrons. The van der Waals surface area contributed by atoms with Gasteiger partial charge in [0.05, 0.1) is 7.11 Å². The van der Waals surface area contributed by atoms with Crippen LogP contribution in [0.1, 0.15) is 4.88 Å². The maximum absolute atomic E-state index is 10.2. The van der Waals surface area contributed by atoms with Gasteiger partial charge in [-0.2, -0.15) is 0 Å². The van der Waals surface area contributed by atoms with Crippen molar-refractivity contribution in [3.8, 4) is 5.75 Å². The van der Waals surface area contributed by atoms with Gasteiger partial charge in [-0.15, -0.1) is 17.8 Å². The molecule has 0 unspecified atom stereocenters. The van der Waals surface area contributed by atoms with E-state index in [4.69, 9.17) is 4.74 Å². The largest absolute Gasteiger partial charge is 0.541 e. The standard InChI is InChI=1S/C11H9O2S/c1-13-9-2-3-11-8(6-9)7-10(14-11)4-5-12/h2-3,6-7H,4H2,1H3/q-1. The van der Waals surface area contributed by atoms with Crippen LogP contribution in [0, 0.1) is 0 Å². The molecule has 0 bridgehead atoms. The average molecular weight is 205 g/mol. The number of ether oxygens (including phenoxy) is 1. The molecule has 2 aromatic rings. The van der Waals surface area contributed by atoms with Crippen LogP contribution in [-0.4, -0.2) is 13.4 Å². The average Bonchev–Trinajstić information content (AvgIpc) is 2.59. The van der Waals surface area contributed by atoms with Crippen LogP contribution in [0.4, 0.5) is 0 Å². The van der Waals surface area contributed by atoms with Crippen LogP contribution in [0.3, 0.4) is 0 Å². The summed E-state index contributed by atoms with van der Waals surface area (Å²) in [5, 5.41) is 1.12. The van der Waals surface area contributed by atoms with Crippen LogP contribution in [-0.2, 0) is 11.2 Å². The summed E-state index contributed by atoms with van der Waals surface area (Å²) in [6.07, 6.45) is 2.28. The molecule has 0 amide bonds. The number of fused-ring (bicyclic) bond motifs is 1. The zero-order valence-electron chi connectivity index (χ0n) is 7.74. The van der Waals surface area contributed by atoms with Crippen molar-refractivity contribution >= 4 is 27.7 Å². The van der Waals surface area contributed by atoms with E-state index in [0.29, 0.717) is 6.42 Å². The fourth-order valence-electron chi connectivity index (χ4n) is 1.36. The Morgan fingerprint density at radius 2 is 2.29 bits per heavy atom. The zero-order chi connectivity index (χ0) is 9.97. The molecule has 0 aliphatic carbocycles. The van der Waals surface area contributed by atoms with E-state index in [1.165, 1.54) is 4.70 Å². The minimum atomic E-state index is 0.377. The lowest BCUT2D eigenvalue weighted by atomic mass is 10.2. The molecule has 0 saturated carbocycles. The van der Waals surface area contributed by atoms with Gasteiger partial charge in [0, 0.05) is 4.70 Å². The first kappa shape index (κ1) is 9.21. The molecule has 0 fully saturated rings. The lowest BCUT2D eigenvalue weighted by molar-refractivity contribution is 0.415. The number of benzene rings is 1. The highest BCUT2D eigenvalue weighted by Crippen LogP contribution is 2.28. The molecule has 14 heavy (non-hydrogen) atoms. The molecule has 72 valence electrons. The fourth-order valence-corrected chi connectivity index (χ4v) is 2.33. The second kappa shape index (κ2) is 3.80. The summed E-state index contributed by atoms with van der Waals surface area (Å²) >= 11 is 1.62. The zero-order valence-corrected chi connectivity index (χ0v) is 8.56. The normalized spacial score (nSPS) is 10.4. The molecule has 2 nitrogen and oxygen atoms in total. The quantitative estimate of drug-likeness (QED) is 0.720. The Morgan fingerprint density at radius 3 is 3.00 bits per heavy atom. The molecular weight excluding hydrogens is 196 g/mol. The molecule has 3 heteroatoms. The number of rotatable bonds is 3. The van der Waals surface area contributed by atoms with E-state index in [2.05, 4.69) is 0 Å². The van der Waals surface area contributed by atoms with Crippen LogP contribution in [0.25, 0.3) is 10.1 Å². The SMILES string of the molecule is COc1ccc2sc(C[C-]=O)cc2c1. The summed E-state index contributed by atoms with van der Waals surface area (Å²) in [4.78, 5) is 11.3. The van der Waals surface area contributed by atoms with Crippen molar-refractivity contribution in [3.05, 3.63) is 29.1 Å². The van der Waals surface area contributed by atoms with E-state index in [-0.39, 0.29) is 0 Å². The number of hydrogen-bond donors (Lipinski definition) is 0. The Labute approximate surface area is 86.1 Å². The second-order valence-electron chi connectivity index (χ2n) is 2.94. The summed E-state index contributed by atoms with van der Waals surface area (Å²) in [7, 11) is 1.65. The van der Waals surface area contributed by atoms with Crippen LogP contribution in [0.15, 0.2) is 24.3 Å². The summed E-state index contributed by atoms with van der Waals surface area (Å²) in [6.45, 7) is 0. The summed E-state index contributed by atoms with van der Waals surface area (Å²) in [5.74, 6) is 0.844. The highest BCUT2D eigenvalue weighted by atomic mass is 32.1. The van der Waals surface area contributed by atoms with Gasteiger partial charge in [-0.25, -0.2) is 0 Å². The van der Waals surface area contributed by atoms with E-state index in [0.717, 1.165) is 16.0 Å². The molecule has 1 aromatic heterocycles. The fraction of sp³-hybridized carbons (Fsp3) is 0.182. The van der Waals surface area contributed by atoms with Crippen molar-refractivity contribution in [1.82, 2.24) is 0 Å². The maximum Gasteiger partial charge on any atom is 0.119 e. The van der Waals surface area contributed by atoms with Crippen molar-refractivity contribution in [2.24, 2.45) is 0 Å². The van der Waals surface area contributed by atoms with Crippen molar-refractivity contribution in [3.63, 3.8) is 0 Å². The molecule has 1 aromatic carbocycles. The molecule has 0 atom stereocenters. The molecule has 0 N–H and O–H groups in total. The molecule has 1 heterocycles. The van der Waals surface area contributed by atoms with E-state index < -0.39 is 0 Å². The molecule has 0 saturated heterocycles. The first-order chi connectivity index (χ1) is 6.83. The predicted molar refractivity (Wildman–Crippen MR) is 57.8 cm³/mol. The van der Waals surface area contributed by atoms with Crippen LogP contribution in [0.5, 0.6) is 5.75 Å². The number of hydrogen-bond acceptors (Lipinski definition) is 3. The number of methoxy groups -OCH3 is 1. The number of carbonyl (C=O) groups excluding carboxylic acids is 1. The Balaban J connectivity index is 2.48. The predicted octanol–water partition coefficient (Wildman–Crippen LogP) is 2.56. The van der Waals surface area contributed by atoms with E-state index >= 15 is 0 Å². The van der Waals surface area contributed by atoms with Crippen molar-refractivity contribution < 1.29 is 9.53 Å². The summed E-state index contributed by atoms with van der Waals surface area (Å²) in [6, 6.07) is 7.91. The summed E-state index contributed by atoms with van der Waals surface area (Å²) in [5.41, 5.74) is 0. The Hall–Kier alpha value is -1.35. The minimum absolute atomic E-state index is 0.377. The van der Waals surface area contributed by atoms with Crippen LogP contribution >= 0.6 is 11.3 Å². The molecule has 0 spiro atoms. The van der Waals surface area contributed by atoms with Gasteiger partial charge in [-0.1, -0.05) is 0 Å². The second-order valence-corrected chi connectivity index (χ2v) is 4.11. The highest BCUT2D eigenvalue weighted by Gasteiger charge is 2.00. The van der Waals surface area contributed by atoms with Gasteiger partial charge >= 0.3 is 0 Å². The van der Waals surface area contributed by atoms with Crippen LogP contribution in [0.2, 0.25) is 0 Å².